The van der Waals surface area contributed by atoms with Crippen LogP contribution in [0.25, 0.3) is 10.9 Å². The van der Waals surface area contributed by atoms with E-state index >= 15 is 0 Å². The van der Waals surface area contributed by atoms with E-state index in [1.807, 2.05) is 0 Å². The van der Waals surface area contributed by atoms with Gasteiger partial charge in [-0.15, -0.1) is 0 Å². The van der Waals surface area contributed by atoms with Gasteiger partial charge in [0.05, 0.1) is 6.54 Å². The molecule has 0 fully saturated rings. The molecule has 0 saturated heterocycles. The van der Waals surface area contributed by atoms with E-state index in [4.69, 9.17) is 5.73 Å². The summed E-state index contributed by atoms with van der Waals surface area (Å²) in [5, 5.41) is 8.75. The van der Waals surface area contributed by atoms with Gasteiger partial charge >= 0.3 is 6.18 Å². The zero-order valence-electron chi connectivity index (χ0n) is 18.8. The molecule has 1 atom stereocenters. The van der Waals surface area contributed by atoms with Gasteiger partial charge in [0.2, 0.25) is 5.91 Å². The van der Waals surface area contributed by atoms with Crippen molar-refractivity contribution < 1.29 is 27.2 Å². The second-order valence-electron chi connectivity index (χ2n) is 8.99. The number of para-hydroxylation sites is 1. The van der Waals surface area contributed by atoms with Gasteiger partial charge in [0.25, 0.3) is 5.91 Å². The molecule has 0 aliphatic heterocycles. The summed E-state index contributed by atoms with van der Waals surface area (Å²) < 4.78 is 53.7. The minimum Gasteiger partial charge on any atom is -0.399 e. The summed E-state index contributed by atoms with van der Waals surface area (Å²) in [5.74, 6) is -2.40. The maximum Gasteiger partial charge on any atom is 0.405 e. The normalized spacial score (nSPS) is 13.0. The van der Waals surface area contributed by atoms with Crippen LogP contribution in [0.5, 0.6) is 0 Å². The first-order chi connectivity index (χ1) is 15.8. The van der Waals surface area contributed by atoms with Crippen molar-refractivity contribution in [3.8, 4) is 0 Å². The molecule has 7 nitrogen and oxygen atoms in total. The number of amides is 2. The van der Waals surface area contributed by atoms with Gasteiger partial charge in [-0.25, -0.2) is 4.39 Å². The van der Waals surface area contributed by atoms with Crippen molar-refractivity contribution in [2.24, 2.45) is 5.41 Å². The first-order valence-electron chi connectivity index (χ1n) is 10.4. The van der Waals surface area contributed by atoms with Crippen LogP contribution in [0.3, 0.4) is 0 Å². The van der Waals surface area contributed by atoms with Gasteiger partial charge in [-0.2, -0.15) is 18.3 Å². The predicted molar refractivity (Wildman–Crippen MR) is 119 cm³/mol. The van der Waals surface area contributed by atoms with Gasteiger partial charge in [-0.1, -0.05) is 45.0 Å². The second-order valence-corrected chi connectivity index (χ2v) is 8.99. The van der Waals surface area contributed by atoms with Crippen LogP contribution in [-0.4, -0.2) is 40.4 Å². The summed E-state index contributed by atoms with van der Waals surface area (Å²) in [6, 6.07) is 9.70. The molecular weight excluding hydrogens is 454 g/mol. The third kappa shape index (κ3) is 5.83. The van der Waals surface area contributed by atoms with Gasteiger partial charge in [0, 0.05) is 11.1 Å². The van der Waals surface area contributed by atoms with Crippen LogP contribution >= 0.6 is 0 Å². The Kier molecular flexibility index (Phi) is 6.85. The van der Waals surface area contributed by atoms with Crippen molar-refractivity contribution in [1.29, 1.82) is 0 Å². The van der Waals surface area contributed by atoms with E-state index < -0.39 is 41.8 Å². The third-order valence-corrected chi connectivity index (χ3v) is 5.11. The lowest BCUT2D eigenvalue weighted by Gasteiger charge is -2.30. The lowest BCUT2D eigenvalue weighted by Crippen LogP contribution is -2.54. The topological polar surface area (TPSA) is 102 Å². The number of fused-ring (bicyclic) bond motifs is 1. The highest BCUT2D eigenvalue weighted by Crippen LogP contribution is 2.25. The summed E-state index contributed by atoms with van der Waals surface area (Å²) in [6.07, 6.45) is -4.60. The van der Waals surface area contributed by atoms with Crippen molar-refractivity contribution in [2.75, 3.05) is 12.3 Å². The number of hydrogen-bond acceptors (Lipinski definition) is 4. The minimum absolute atomic E-state index is 0.0818. The maximum absolute atomic E-state index is 14.7. The van der Waals surface area contributed by atoms with E-state index in [-0.39, 0.29) is 23.1 Å². The molecule has 1 heterocycles. The predicted octanol–water partition coefficient (Wildman–Crippen LogP) is 3.63. The van der Waals surface area contributed by atoms with E-state index in [0.717, 1.165) is 5.56 Å². The van der Waals surface area contributed by atoms with Crippen molar-refractivity contribution >= 4 is 28.4 Å². The number of nitrogens with one attached hydrogen (secondary N) is 2. The Bertz CT molecular complexity index is 1200. The van der Waals surface area contributed by atoms with Crippen molar-refractivity contribution in [3.05, 3.63) is 59.5 Å². The molecular formula is C23H25F4N5O2. The average molecular weight is 479 g/mol. The van der Waals surface area contributed by atoms with E-state index in [0.29, 0.717) is 5.69 Å². The number of aromatic nitrogens is 2. The highest BCUT2D eigenvalue weighted by Gasteiger charge is 2.36. The Morgan fingerprint density at radius 1 is 1.09 bits per heavy atom. The molecule has 0 spiro atoms. The molecule has 0 aliphatic carbocycles. The van der Waals surface area contributed by atoms with Crippen molar-refractivity contribution in [1.82, 2.24) is 20.4 Å². The standard InChI is InChI=1S/C23H25F4N5O2/c1-22(2,3)19(21(34)29-12-23(25,26)27)30-20(33)17-15-5-4-6-16(24)18(15)32(31-17)11-13-7-9-14(28)10-8-13/h4-10,19H,11-12,28H2,1-3H3,(H,29,34)(H,30,33). The van der Waals surface area contributed by atoms with Gasteiger partial charge < -0.3 is 16.4 Å². The molecule has 0 aliphatic rings. The Morgan fingerprint density at radius 3 is 2.32 bits per heavy atom. The van der Waals surface area contributed by atoms with Crippen LogP contribution in [0.15, 0.2) is 42.5 Å². The summed E-state index contributed by atoms with van der Waals surface area (Å²) in [6.45, 7) is 3.41. The van der Waals surface area contributed by atoms with Crippen molar-refractivity contribution in [3.63, 3.8) is 0 Å². The molecule has 2 aromatic carbocycles. The monoisotopic (exact) mass is 479 g/mol. The van der Waals surface area contributed by atoms with Gasteiger partial charge in [-0.3, -0.25) is 14.3 Å². The number of alkyl halides is 3. The summed E-state index contributed by atoms with van der Waals surface area (Å²) >= 11 is 0. The number of nitrogen functional groups attached to an aromatic ring is 1. The molecule has 11 heteroatoms. The smallest absolute Gasteiger partial charge is 0.399 e. The minimum atomic E-state index is -4.60. The van der Waals surface area contributed by atoms with E-state index in [1.54, 1.807) is 50.4 Å². The van der Waals surface area contributed by atoms with Crippen LogP contribution in [0.4, 0.5) is 23.2 Å². The molecule has 182 valence electrons. The third-order valence-electron chi connectivity index (χ3n) is 5.11. The number of anilines is 1. The number of halogens is 4. The number of rotatable bonds is 6. The van der Waals surface area contributed by atoms with E-state index in [9.17, 15) is 27.2 Å². The lowest BCUT2D eigenvalue weighted by atomic mass is 9.86. The summed E-state index contributed by atoms with van der Waals surface area (Å²) in [5.41, 5.74) is 6.02. The molecule has 1 aromatic heterocycles. The lowest BCUT2D eigenvalue weighted by molar-refractivity contribution is -0.140. The molecule has 3 rings (SSSR count). The zero-order valence-corrected chi connectivity index (χ0v) is 18.8. The molecule has 0 saturated carbocycles. The zero-order chi connectivity index (χ0) is 25.3. The molecule has 2 amide bonds. The maximum atomic E-state index is 14.7. The molecule has 4 N–H and O–H groups in total. The molecule has 3 aromatic rings. The number of hydrogen-bond donors (Lipinski definition) is 3. The van der Waals surface area contributed by atoms with Gasteiger partial charge in [-0.05, 0) is 29.2 Å². The fourth-order valence-corrected chi connectivity index (χ4v) is 3.44. The van der Waals surface area contributed by atoms with E-state index in [2.05, 4.69) is 10.4 Å². The fourth-order valence-electron chi connectivity index (χ4n) is 3.44. The molecule has 1 unspecified atom stereocenters. The highest BCUT2D eigenvalue weighted by molar-refractivity contribution is 6.06. The van der Waals surface area contributed by atoms with Crippen LogP contribution < -0.4 is 16.4 Å². The number of nitrogens with two attached hydrogens (primary N) is 1. The summed E-state index contributed by atoms with van der Waals surface area (Å²) in [4.78, 5) is 25.6. The van der Waals surface area contributed by atoms with Crippen LogP contribution in [0.1, 0.15) is 36.8 Å². The number of carbonyl (C=O) groups is 2. The largest absolute Gasteiger partial charge is 0.405 e. The molecule has 0 radical (unpaired) electrons. The van der Waals surface area contributed by atoms with Crippen LogP contribution in [0.2, 0.25) is 0 Å². The Balaban J connectivity index is 1.94. The number of carbonyl (C=O) groups excluding carboxylic acids is 2. The Labute approximate surface area is 193 Å². The SMILES string of the molecule is CC(C)(C)C(NC(=O)c1nn(Cc2ccc(N)cc2)c2c(F)cccc12)C(=O)NCC(F)(F)F. The van der Waals surface area contributed by atoms with Crippen LogP contribution in [0, 0.1) is 11.2 Å². The van der Waals surface area contributed by atoms with Crippen LogP contribution in [-0.2, 0) is 11.3 Å². The molecule has 34 heavy (non-hydrogen) atoms. The van der Waals surface area contributed by atoms with Gasteiger partial charge in [0.15, 0.2) is 5.69 Å². The Morgan fingerprint density at radius 2 is 1.74 bits per heavy atom. The highest BCUT2D eigenvalue weighted by atomic mass is 19.4. The summed E-state index contributed by atoms with van der Waals surface area (Å²) in [7, 11) is 0. The number of benzene rings is 2. The fraction of sp³-hybridized carbons (Fsp3) is 0.348. The second kappa shape index (κ2) is 9.32. The van der Waals surface area contributed by atoms with E-state index in [1.165, 1.54) is 22.9 Å². The first kappa shape index (κ1) is 25.0. The van der Waals surface area contributed by atoms with Gasteiger partial charge in [0.1, 0.15) is 23.9 Å². The average Bonchev–Trinajstić information content (AvgIpc) is 3.10. The number of nitrogens with zero attached hydrogens (tertiary/aromatic N) is 2. The molecule has 0 bridgehead atoms. The quantitative estimate of drug-likeness (QED) is 0.371. The Hall–Kier alpha value is -3.63. The van der Waals surface area contributed by atoms with Crippen molar-refractivity contribution in [2.45, 2.75) is 39.5 Å². The first-order valence-corrected chi connectivity index (χ1v) is 10.4.